The SMILES string of the molecule is O=C(CN1C(=O)S/C(=C\c2ccccc2OCc2ccc(F)cc2)C1=O)c1ccc(Br)cc1. The van der Waals surface area contributed by atoms with Crippen LogP contribution in [0.4, 0.5) is 9.18 Å². The summed E-state index contributed by atoms with van der Waals surface area (Å²) in [5.74, 6) is -0.661. The number of hydrogen-bond acceptors (Lipinski definition) is 5. The first-order valence-electron chi connectivity index (χ1n) is 9.91. The average Bonchev–Trinajstić information content (AvgIpc) is 3.07. The molecule has 5 nitrogen and oxygen atoms in total. The molecule has 1 fully saturated rings. The summed E-state index contributed by atoms with van der Waals surface area (Å²) in [7, 11) is 0. The van der Waals surface area contributed by atoms with Crippen molar-refractivity contribution in [3.8, 4) is 5.75 Å². The molecule has 0 unspecified atom stereocenters. The summed E-state index contributed by atoms with van der Waals surface area (Å²) < 4.78 is 19.8. The fourth-order valence-electron chi connectivity index (χ4n) is 3.12. The van der Waals surface area contributed by atoms with Gasteiger partial charge in [0.15, 0.2) is 5.78 Å². The second-order valence-corrected chi connectivity index (χ2v) is 9.06. The predicted molar refractivity (Wildman–Crippen MR) is 128 cm³/mol. The molecule has 1 saturated heterocycles. The van der Waals surface area contributed by atoms with Crippen LogP contribution in [0.3, 0.4) is 0 Å². The fourth-order valence-corrected chi connectivity index (χ4v) is 4.21. The molecule has 0 saturated carbocycles. The summed E-state index contributed by atoms with van der Waals surface area (Å²) in [6, 6.07) is 19.8. The number of hydrogen-bond donors (Lipinski definition) is 0. The Morgan fingerprint density at radius 1 is 1.00 bits per heavy atom. The zero-order valence-corrected chi connectivity index (χ0v) is 19.6. The Labute approximate surface area is 202 Å². The van der Waals surface area contributed by atoms with Crippen molar-refractivity contribution in [1.82, 2.24) is 4.90 Å². The maximum absolute atomic E-state index is 13.1. The standard InChI is InChI=1S/C25H17BrFNO4S/c26-19-9-7-17(8-10-19)21(29)14-28-24(30)23(33-25(28)31)13-18-3-1-2-4-22(18)32-15-16-5-11-20(27)12-6-16/h1-13H,14-15H2/b23-13-. The molecule has 1 aliphatic rings. The van der Waals surface area contributed by atoms with Crippen molar-refractivity contribution in [2.24, 2.45) is 0 Å². The average molecular weight is 526 g/mol. The van der Waals surface area contributed by atoms with Gasteiger partial charge < -0.3 is 4.74 Å². The molecule has 0 N–H and O–H groups in total. The number of rotatable bonds is 7. The Bertz CT molecular complexity index is 1240. The molecule has 2 amide bonds. The monoisotopic (exact) mass is 525 g/mol. The largest absolute Gasteiger partial charge is 0.488 e. The number of amides is 2. The van der Waals surface area contributed by atoms with E-state index in [0.29, 0.717) is 16.9 Å². The van der Waals surface area contributed by atoms with E-state index in [0.717, 1.165) is 26.7 Å². The van der Waals surface area contributed by atoms with Crippen LogP contribution in [0.2, 0.25) is 0 Å². The number of ether oxygens (including phenoxy) is 1. The van der Waals surface area contributed by atoms with E-state index in [1.165, 1.54) is 12.1 Å². The van der Waals surface area contributed by atoms with Crippen LogP contribution in [0.15, 0.2) is 82.2 Å². The van der Waals surface area contributed by atoms with Gasteiger partial charge in [-0.25, -0.2) is 4.39 Å². The summed E-state index contributed by atoms with van der Waals surface area (Å²) in [5.41, 5.74) is 1.82. The number of halogens is 2. The third-order valence-electron chi connectivity index (χ3n) is 4.85. The number of carbonyl (C=O) groups excluding carboxylic acids is 3. The van der Waals surface area contributed by atoms with Crippen LogP contribution in [-0.2, 0) is 11.4 Å². The van der Waals surface area contributed by atoms with E-state index in [9.17, 15) is 18.8 Å². The third kappa shape index (κ3) is 5.58. The molecule has 4 rings (SSSR count). The van der Waals surface area contributed by atoms with Gasteiger partial charge in [-0.05, 0) is 53.7 Å². The Hall–Kier alpha value is -3.23. The maximum Gasteiger partial charge on any atom is 0.293 e. The molecule has 33 heavy (non-hydrogen) atoms. The maximum atomic E-state index is 13.1. The fraction of sp³-hybridized carbons (Fsp3) is 0.0800. The number of ketones is 1. The lowest BCUT2D eigenvalue weighted by Gasteiger charge is -2.12. The predicted octanol–water partition coefficient (Wildman–Crippen LogP) is 6.09. The van der Waals surface area contributed by atoms with Crippen molar-refractivity contribution < 1.29 is 23.5 Å². The van der Waals surface area contributed by atoms with Gasteiger partial charge in [-0.15, -0.1) is 0 Å². The number of thioether (sulfide) groups is 1. The Morgan fingerprint density at radius 3 is 2.42 bits per heavy atom. The summed E-state index contributed by atoms with van der Waals surface area (Å²) in [4.78, 5) is 39.0. The Balaban J connectivity index is 1.48. The van der Waals surface area contributed by atoms with Gasteiger partial charge in [-0.2, -0.15) is 0 Å². The van der Waals surface area contributed by atoms with Crippen molar-refractivity contribution in [2.75, 3.05) is 6.54 Å². The van der Waals surface area contributed by atoms with Gasteiger partial charge in [0.1, 0.15) is 18.2 Å². The summed E-state index contributed by atoms with van der Waals surface area (Å²) >= 11 is 4.09. The highest BCUT2D eigenvalue weighted by Crippen LogP contribution is 2.34. The van der Waals surface area contributed by atoms with E-state index in [1.807, 2.05) is 0 Å². The molecule has 0 aromatic heterocycles. The highest BCUT2D eigenvalue weighted by molar-refractivity contribution is 9.10. The number of carbonyl (C=O) groups is 3. The first-order valence-corrected chi connectivity index (χ1v) is 11.5. The van der Waals surface area contributed by atoms with E-state index in [2.05, 4.69) is 15.9 Å². The molecule has 1 aliphatic heterocycles. The number of para-hydroxylation sites is 1. The normalized spacial score (nSPS) is 14.7. The molecular formula is C25H17BrFNO4S. The van der Waals surface area contributed by atoms with E-state index in [1.54, 1.807) is 66.7 Å². The van der Waals surface area contributed by atoms with E-state index >= 15 is 0 Å². The molecule has 0 radical (unpaired) electrons. The van der Waals surface area contributed by atoms with E-state index in [-0.39, 0.29) is 29.7 Å². The molecule has 3 aromatic rings. The molecule has 0 aliphatic carbocycles. The zero-order valence-electron chi connectivity index (χ0n) is 17.2. The molecule has 0 atom stereocenters. The second kappa shape index (κ2) is 10.1. The minimum Gasteiger partial charge on any atom is -0.488 e. The smallest absolute Gasteiger partial charge is 0.293 e. The second-order valence-electron chi connectivity index (χ2n) is 7.15. The topological polar surface area (TPSA) is 63.7 Å². The van der Waals surface area contributed by atoms with Crippen LogP contribution in [0.1, 0.15) is 21.5 Å². The number of imide groups is 1. The Morgan fingerprint density at radius 2 is 1.70 bits per heavy atom. The van der Waals surface area contributed by atoms with Crippen LogP contribution >= 0.6 is 27.7 Å². The molecule has 0 spiro atoms. The van der Waals surface area contributed by atoms with Crippen molar-refractivity contribution in [3.05, 3.63) is 105 Å². The van der Waals surface area contributed by atoms with Gasteiger partial charge in [0.05, 0.1) is 11.4 Å². The van der Waals surface area contributed by atoms with Gasteiger partial charge in [0, 0.05) is 15.6 Å². The number of nitrogens with zero attached hydrogens (tertiary/aromatic N) is 1. The van der Waals surface area contributed by atoms with Gasteiger partial charge >= 0.3 is 0 Å². The molecule has 1 heterocycles. The summed E-state index contributed by atoms with van der Waals surface area (Å²) in [6.45, 7) is -0.110. The Kier molecular flexibility index (Phi) is 7.05. The van der Waals surface area contributed by atoms with Gasteiger partial charge in [-0.3, -0.25) is 19.3 Å². The van der Waals surface area contributed by atoms with Crippen molar-refractivity contribution >= 4 is 50.7 Å². The lowest BCUT2D eigenvalue weighted by Crippen LogP contribution is -2.33. The van der Waals surface area contributed by atoms with Crippen LogP contribution in [0, 0.1) is 5.82 Å². The lowest BCUT2D eigenvalue weighted by molar-refractivity contribution is -0.122. The number of Topliss-reactive ketones (excluding diaryl/α,β-unsaturated/α-hetero) is 1. The summed E-state index contributed by atoms with van der Waals surface area (Å²) in [5, 5.41) is -0.499. The van der Waals surface area contributed by atoms with Gasteiger partial charge in [0.25, 0.3) is 11.1 Å². The number of benzene rings is 3. The molecular weight excluding hydrogens is 509 g/mol. The summed E-state index contributed by atoms with van der Waals surface area (Å²) in [6.07, 6.45) is 1.58. The molecule has 0 bridgehead atoms. The molecule has 166 valence electrons. The first-order chi connectivity index (χ1) is 15.9. The highest BCUT2D eigenvalue weighted by atomic mass is 79.9. The van der Waals surface area contributed by atoms with Crippen molar-refractivity contribution in [3.63, 3.8) is 0 Å². The molecule has 3 aromatic carbocycles. The van der Waals surface area contributed by atoms with Crippen LogP contribution in [-0.4, -0.2) is 28.4 Å². The van der Waals surface area contributed by atoms with Crippen LogP contribution in [0.5, 0.6) is 5.75 Å². The van der Waals surface area contributed by atoms with Crippen molar-refractivity contribution in [2.45, 2.75) is 6.61 Å². The third-order valence-corrected chi connectivity index (χ3v) is 6.29. The highest BCUT2D eigenvalue weighted by Gasteiger charge is 2.36. The minimum absolute atomic E-state index is 0.210. The zero-order chi connectivity index (χ0) is 23.4. The van der Waals surface area contributed by atoms with E-state index < -0.39 is 11.1 Å². The quantitative estimate of drug-likeness (QED) is 0.276. The van der Waals surface area contributed by atoms with Crippen molar-refractivity contribution in [1.29, 1.82) is 0 Å². The first kappa shape index (κ1) is 22.9. The van der Waals surface area contributed by atoms with Gasteiger partial charge in [-0.1, -0.05) is 58.4 Å². The van der Waals surface area contributed by atoms with Gasteiger partial charge in [0.2, 0.25) is 0 Å². The minimum atomic E-state index is -0.524. The van der Waals surface area contributed by atoms with Crippen LogP contribution in [0.25, 0.3) is 6.08 Å². The van der Waals surface area contributed by atoms with Crippen LogP contribution < -0.4 is 4.74 Å². The lowest BCUT2D eigenvalue weighted by atomic mass is 10.1. The van der Waals surface area contributed by atoms with E-state index in [4.69, 9.17) is 4.74 Å². The molecule has 8 heteroatoms.